The highest BCUT2D eigenvalue weighted by atomic mass is 32.2. The largest absolute Gasteiger partial charge is 0.349 e. The van der Waals surface area contributed by atoms with E-state index in [1.54, 1.807) is 12.1 Å². The van der Waals surface area contributed by atoms with E-state index in [1.807, 2.05) is 0 Å². The van der Waals surface area contributed by atoms with Crippen LogP contribution in [0.4, 0.5) is 0 Å². The molecule has 1 aromatic rings. The SMILES string of the molecule is C#CCNS(=O)(=O)c1cccc(C(=O)NC2CC(C)CCC2C(C)C)c1. The number of benzene rings is 1. The van der Waals surface area contributed by atoms with Crippen molar-refractivity contribution >= 4 is 15.9 Å². The Morgan fingerprint density at radius 2 is 2.08 bits per heavy atom. The summed E-state index contributed by atoms with van der Waals surface area (Å²) in [5.74, 6) is 3.52. The molecule has 0 saturated heterocycles. The van der Waals surface area contributed by atoms with Crippen LogP contribution >= 0.6 is 0 Å². The predicted octanol–water partition coefficient (Wildman–Crippen LogP) is 2.79. The number of terminal acetylenes is 1. The summed E-state index contributed by atoms with van der Waals surface area (Å²) < 4.78 is 26.7. The zero-order valence-electron chi connectivity index (χ0n) is 15.7. The fourth-order valence-electron chi connectivity index (χ4n) is 3.64. The Balaban J connectivity index is 2.17. The number of nitrogens with one attached hydrogen (secondary N) is 2. The van der Waals surface area contributed by atoms with Crippen molar-refractivity contribution < 1.29 is 13.2 Å². The molecule has 26 heavy (non-hydrogen) atoms. The molecule has 1 saturated carbocycles. The third-order valence-electron chi connectivity index (χ3n) is 5.11. The van der Waals surface area contributed by atoms with Crippen LogP contribution in [0.25, 0.3) is 0 Å². The summed E-state index contributed by atoms with van der Waals surface area (Å²) in [6, 6.07) is 6.17. The Bertz CT molecular complexity index is 780. The van der Waals surface area contributed by atoms with Gasteiger partial charge in [0.1, 0.15) is 0 Å². The summed E-state index contributed by atoms with van der Waals surface area (Å²) in [6.45, 7) is 6.49. The van der Waals surface area contributed by atoms with Crippen LogP contribution in [0.5, 0.6) is 0 Å². The number of rotatable bonds is 6. The van der Waals surface area contributed by atoms with E-state index in [0.717, 1.165) is 12.8 Å². The van der Waals surface area contributed by atoms with E-state index in [-0.39, 0.29) is 23.4 Å². The molecular formula is C20H28N2O3S. The van der Waals surface area contributed by atoms with Gasteiger partial charge in [0.15, 0.2) is 0 Å². The molecule has 1 aliphatic rings. The molecule has 1 aromatic carbocycles. The van der Waals surface area contributed by atoms with Crippen LogP contribution in [-0.4, -0.2) is 26.9 Å². The van der Waals surface area contributed by atoms with Crippen LogP contribution in [0, 0.1) is 30.1 Å². The molecule has 1 fully saturated rings. The van der Waals surface area contributed by atoms with Gasteiger partial charge in [-0.05, 0) is 48.8 Å². The van der Waals surface area contributed by atoms with Gasteiger partial charge < -0.3 is 5.32 Å². The molecular weight excluding hydrogens is 348 g/mol. The minimum atomic E-state index is -3.72. The molecule has 3 unspecified atom stereocenters. The third-order valence-corrected chi connectivity index (χ3v) is 6.51. The molecule has 1 aliphatic carbocycles. The first kappa shape index (κ1) is 20.5. The van der Waals surface area contributed by atoms with Gasteiger partial charge in [0, 0.05) is 11.6 Å². The highest BCUT2D eigenvalue weighted by molar-refractivity contribution is 7.89. The van der Waals surface area contributed by atoms with Gasteiger partial charge in [-0.3, -0.25) is 4.79 Å². The third kappa shape index (κ3) is 5.09. The van der Waals surface area contributed by atoms with Crippen LogP contribution in [0.1, 0.15) is 50.4 Å². The standard InChI is InChI=1S/C20H28N2O3S/c1-5-11-21-26(24,25)17-8-6-7-16(13-17)20(23)22-19-12-15(4)9-10-18(19)14(2)3/h1,6-8,13-15,18-19,21H,9-12H2,2-4H3,(H,22,23). The van der Waals surface area contributed by atoms with Crippen molar-refractivity contribution in [3.63, 3.8) is 0 Å². The van der Waals surface area contributed by atoms with E-state index in [0.29, 0.717) is 23.3 Å². The van der Waals surface area contributed by atoms with Crippen molar-refractivity contribution in [2.45, 2.75) is 51.0 Å². The number of hydrogen-bond donors (Lipinski definition) is 2. The average Bonchev–Trinajstić information content (AvgIpc) is 2.60. The second kappa shape index (κ2) is 8.70. The Labute approximate surface area is 157 Å². The lowest BCUT2D eigenvalue weighted by Crippen LogP contribution is -2.45. The summed E-state index contributed by atoms with van der Waals surface area (Å²) in [5.41, 5.74) is 0.342. The van der Waals surface area contributed by atoms with Crippen LogP contribution < -0.4 is 10.0 Å². The van der Waals surface area contributed by atoms with E-state index in [9.17, 15) is 13.2 Å². The van der Waals surface area contributed by atoms with Gasteiger partial charge in [0.25, 0.3) is 5.91 Å². The first-order valence-electron chi connectivity index (χ1n) is 9.08. The van der Waals surface area contributed by atoms with Gasteiger partial charge in [0.2, 0.25) is 10.0 Å². The first-order chi connectivity index (χ1) is 12.2. The Kier molecular flexibility index (Phi) is 6.85. The molecule has 2 N–H and O–H groups in total. The van der Waals surface area contributed by atoms with Gasteiger partial charge in [-0.2, -0.15) is 4.72 Å². The minimum Gasteiger partial charge on any atom is -0.349 e. The van der Waals surface area contributed by atoms with E-state index in [4.69, 9.17) is 6.42 Å². The highest BCUT2D eigenvalue weighted by Crippen LogP contribution is 2.33. The number of carbonyl (C=O) groups is 1. The summed E-state index contributed by atoms with van der Waals surface area (Å²) in [5, 5.41) is 3.13. The number of sulfonamides is 1. The Morgan fingerprint density at radius 1 is 1.35 bits per heavy atom. The topological polar surface area (TPSA) is 75.3 Å². The summed E-state index contributed by atoms with van der Waals surface area (Å²) in [4.78, 5) is 12.8. The van der Waals surface area contributed by atoms with Crippen LogP contribution in [0.3, 0.4) is 0 Å². The predicted molar refractivity (Wildman–Crippen MR) is 103 cm³/mol. The van der Waals surface area contributed by atoms with Crippen molar-refractivity contribution in [2.24, 2.45) is 17.8 Å². The second-order valence-corrected chi connectivity index (χ2v) is 9.23. The maximum atomic E-state index is 12.7. The van der Waals surface area contributed by atoms with Gasteiger partial charge in [-0.1, -0.05) is 39.2 Å². The Hall–Kier alpha value is -1.84. The lowest BCUT2D eigenvalue weighted by atomic mass is 9.74. The van der Waals surface area contributed by atoms with E-state index < -0.39 is 10.0 Å². The molecule has 0 bridgehead atoms. The first-order valence-corrected chi connectivity index (χ1v) is 10.6. The van der Waals surface area contributed by atoms with Crippen molar-refractivity contribution in [3.05, 3.63) is 29.8 Å². The summed E-state index contributed by atoms with van der Waals surface area (Å²) in [7, 11) is -3.72. The highest BCUT2D eigenvalue weighted by Gasteiger charge is 2.32. The molecule has 0 spiro atoms. The van der Waals surface area contributed by atoms with E-state index >= 15 is 0 Å². The fraction of sp³-hybridized carbons (Fsp3) is 0.550. The van der Waals surface area contributed by atoms with Gasteiger partial charge >= 0.3 is 0 Å². The normalized spacial score (nSPS) is 23.4. The smallest absolute Gasteiger partial charge is 0.251 e. The molecule has 142 valence electrons. The lowest BCUT2D eigenvalue weighted by Gasteiger charge is -2.37. The van der Waals surface area contributed by atoms with Gasteiger partial charge in [0.05, 0.1) is 11.4 Å². The van der Waals surface area contributed by atoms with Crippen LogP contribution in [-0.2, 0) is 10.0 Å². The molecule has 3 atom stereocenters. The summed E-state index contributed by atoms with van der Waals surface area (Å²) in [6.07, 6.45) is 8.35. The summed E-state index contributed by atoms with van der Waals surface area (Å²) >= 11 is 0. The molecule has 5 nitrogen and oxygen atoms in total. The molecule has 6 heteroatoms. The number of amides is 1. The van der Waals surface area contributed by atoms with E-state index in [2.05, 4.69) is 36.7 Å². The Morgan fingerprint density at radius 3 is 2.73 bits per heavy atom. The minimum absolute atomic E-state index is 0.0396. The average molecular weight is 377 g/mol. The van der Waals surface area contributed by atoms with Crippen LogP contribution in [0.2, 0.25) is 0 Å². The maximum absolute atomic E-state index is 12.7. The molecule has 0 aromatic heterocycles. The second-order valence-electron chi connectivity index (χ2n) is 7.46. The zero-order chi connectivity index (χ0) is 19.3. The number of hydrogen-bond acceptors (Lipinski definition) is 3. The molecule has 1 amide bonds. The quantitative estimate of drug-likeness (QED) is 0.750. The van der Waals surface area contributed by atoms with Crippen molar-refractivity contribution in [1.29, 1.82) is 0 Å². The number of carbonyl (C=O) groups excluding carboxylic acids is 1. The van der Waals surface area contributed by atoms with E-state index in [1.165, 1.54) is 18.6 Å². The molecule has 2 rings (SSSR count). The molecule has 0 aliphatic heterocycles. The molecule has 0 radical (unpaired) electrons. The van der Waals surface area contributed by atoms with Gasteiger partial charge in [-0.15, -0.1) is 6.42 Å². The molecule has 0 heterocycles. The maximum Gasteiger partial charge on any atom is 0.251 e. The zero-order valence-corrected chi connectivity index (χ0v) is 16.5. The van der Waals surface area contributed by atoms with Crippen molar-refractivity contribution in [2.75, 3.05) is 6.54 Å². The monoisotopic (exact) mass is 376 g/mol. The fourth-order valence-corrected chi connectivity index (χ4v) is 4.62. The lowest BCUT2D eigenvalue weighted by molar-refractivity contribution is 0.0867. The van der Waals surface area contributed by atoms with Crippen molar-refractivity contribution in [1.82, 2.24) is 10.0 Å². The van der Waals surface area contributed by atoms with Crippen molar-refractivity contribution in [3.8, 4) is 12.3 Å². The van der Waals surface area contributed by atoms with Crippen LogP contribution in [0.15, 0.2) is 29.2 Å². The van der Waals surface area contributed by atoms with Gasteiger partial charge in [-0.25, -0.2) is 8.42 Å².